The minimum Gasteiger partial charge on any atom is -0.347 e. The van der Waals surface area contributed by atoms with E-state index in [1.54, 1.807) is 24.3 Å². The number of H-pyrrole nitrogens is 1. The van der Waals surface area contributed by atoms with Crippen LogP contribution in [-0.2, 0) is 0 Å². The lowest BCUT2D eigenvalue weighted by Crippen LogP contribution is -2.62. The fraction of sp³-hybridized carbons (Fsp3) is 0.444. The van der Waals surface area contributed by atoms with Crippen LogP contribution in [-0.4, -0.2) is 45.9 Å². The highest BCUT2D eigenvalue weighted by Crippen LogP contribution is 2.32. The van der Waals surface area contributed by atoms with Crippen molar-refractivity contribution in [1.82, 2.24) is 20.2 Å². The molecule has 5 rings (SSSR count). The van der Waals surface area contributed by atoms with E-state index >= 15 is 0 Å². The van der Waals surface area contributed by atoms with Gasteiger partial charge in [0, 0.05) is 22.5 Å². The summed E-state index contributed by atoms with van der Waals surface area (Å²) in [5, 5.41) is 4.27. The third kappa shape index (κ3) is 3.08. The standard InChI is InChI=1S/C18H22N4OS/c1-12-17(13-6-8-22(12)9-7-13)21-18(23)14-2-4-15(5-3-14)24-16-10-19-11-20-16/h2-5,10-13,17H,6-9H2,1H3,(H,19,20)(H,21,23)/t12?,17-/m0/s1. The van der Waals surface area contributed by atoms with Crippen LogP contribution in [0.1, 0.15) is 30.1 Å². The van der Waals surface area contributed by atoms with Crippen LogP contribution in [0.25, 0.3) is 0 Å². The topological polar surface area (TPSA) is 61.0 Å². The molecule has 1 amide bonds. The van der Waals surface area contributed by atoms with Crippen molar-refractivity contribution < 1.29 is 4.79 Å². The van der Waals surface area contributed by atoms with E-state index in [2.05, 4.69) is 27.1 Å². The fourth-order valence-corrected chi connectivity index (χ4v) is 4.63. The highest BCUT2D eigenvalue weighted by Gasteiger charge is 2.40. The number of aromatic nitrogens is 2. The Morgan fingerprint density at radius 2 is 2.04 bits per heavy atom. The summed E-state index contributed by atoms with van der Waals surface area (Å²) in [6.07, 6.45) is 5.86. The first kappa shape index (κ1) is 15.7. The summed E-state index contributed by atoms with van der Waals surface area (Å²) >= 11 is 1.60. The quantitative estimate of drug-likeness (QED) is 0.897. The molecule has 2 N–H and O–H groups in total. The van der Waals surface area contributed by atoms with Gasteiger partial charge in [-0.05, 0) is 63.0 Å². The summed E-state index contributed by atoms with van der Waals surface area (Å²) in [6, 6.07) is 8.50. The monoisotopic (exact) mass is 342 g/mol. The molecular weight excluding hydrogens is 320 g/mol. The normalized spacial score (nSPS) is 28.7. The van der Waals surface area contributed by atoms with E-state index in [1.807, 2.05) is 24.3 Å². The molecular formula is C18H22N4OS. The van der Waals surface area contributed by atoms with Crippen molar-refractivity contribution in [2.45, 2.75) is 41.8 Å². The molecule has 0 spiro atoms. The van der Waals surface area contributed by atoms with Gasteiger partial charge in [-0.3, -0.25) is 9.69 Å². The van der Waals surface area contributed by atoms with Crippen molar-refractivity contribution in [3.05, 3.63) is 42.4 Å². The number of piperidine rings is 3. The van der Waals surface area contributed by atoms with Gasteiger partial charge in [0.2, 0.25) is 0 Å². The Balaban J connectivity index is 1.41. The maximum Gasteiger partial charge on any atom is 0.251 e. The largest absolute Gasteiger partial charge is 0.347 e. The molecule has 1 aromatic heterocycles. The Morgan fingerprint density at radius 3 is 2.67 bits per heavy atom. The lowest BCUT2D eigenvalue weighted by Gasteiger charge is -2.49. The zero-order chi connectivity index (χ0) is 16.5. The van der Waals surface area contributed by atoms with Crippen molar-refractivity contribution in [1.29, 1.82) is 0 Å². The Labute approximate surface area is 146 Å². The molecule has 0 aliphatic carbocycles. The molecule has 0 radical (unpaired) electrons. The van der Waals surface area contributed by atoms with Gasteiger partial charge in [-0.1, -0.05) is 11.8 Å². The third-order valence-electron chi connectivity index (χ3n) is 5.29. The number of amides is 1. The number of aromatic amines is 1. The number of hydrogen-bond donors (Lipinski definition) is 2. The van der Waals surface area contributed by atoms with E-state index in [-0.39, 0.29) is 11.9 Å². The van der Waals surface area contributed by atoms with Gasteiger partial charge >= 0.3 is 0 Å². The van der Waals surface area contributed by atoms with Crippen LogP contribution in [0.4, 0.5) is 0 Å². The second kappa shape index (κ2) is 6.61. The molecule has 2 aromatic rings. The molecule has 1 aromatic carbocycles. The summed E-state index contributed by atoms with van der Waals surface area (Å²) in [4.78, 5) is 23.3. The summed E-state index contributed by atoms with van der Waals surface area (Å²) in [6.45, 7) is 4.59. The Hall–Kier alpha value is -1.79. The van der Waals surface area contributed by atoms with E-state index in [0.717, 1.165) is 15.5 Å². The number of rotatable bonds is 4. The van der Waals surface area contributed by atoms with Gasteiger partial charge < -0.3 is 10.3 Å². The maximum absolute atomic E-state index is 12.6. The molecule has 5 nitrogen and oxygen atoms in total. The zero-order valence-corrected chi connectivity index (χ0v) is 14.6. The van der Waals surface area contributed by atoms with Crippen molar-refractivity contribution in [3.8, 4) is 0 Å². The Bertz CT molecular complexity index is 690. The molecule has 3 saturated heterocycles. The number of benzene rings is 1. The molecule has 1 unspecified atom stereocenters. The van der Waals surface area contributed by atoms with Crippen LogP contribution in [0.15, 0.2) is 46.7 Å². The number of carbonyl (C=O) groups is 1. The highest BCUT2D eigenvalue weighted by molar-refractivity contribution is 7.99. The van der Waals surface area contributed by atoms with Crippen molar-refractivity contribution in [2.24, 2.45) is 5.92 Å². The van der Waals surface area contributed by atoms with E-state index < -0.39 is 0 Å². The summed E-state index contributed by atoms with van der Waals surface area (Å²) in [5.41, 5.74) is 0.729. The third-order valence-corrected chi connectivity index (χ3v) is 6.24. The lowest BCUT2D eigenvalue weighted by molar-refractivity contribution is 0.0217. The average Bonchev–Trinajstić information content (AvgIpc) is 3.12. The second-order valence-electron chi connectivity index (χ2n) is 6.66. The molecule has 2 bridgehead atoms. The summed E-state index contributed by atoms with van der Waals surface area (Å²) in [7, 11) is 0. The predicted octanol–water partition coefficient (Wildman–Crippen LogP) is 2.77. The molecule has 3 fully saturated rings. The number of nitrogens with zero attached hydrogens (tertiary/aromatic N) is 2. The first-order valence-corrected chi connectivity index (χ1v) is 9.33. The summed E-state index contributed by atoms with van der Waals surface area (Å²) < 4.78 is 0. The fourth-order valence-electron chi connectivity index (χ4n) is 3.88. The van der Waals surface area contributed by atoms with E-state index in [4.69, 9.17) is 0 Å². The maximum atomic E-state index is 12.6. The van der Waals surface area contributed by atoms with Gasteiger partial charge in [0.1, 0.15) is 0 Å². The Kier molecular flexibility index (Phi) is 4.33. The van der Waals surface area contributed by atoms with Crippen molar-refractivity contribution >= 4 is 17.7 Å². The molecule has 0 saturated carbocycles. The number of imidazole rings is 1. The molecule has 6 heteroatoms. The SMILES string of the molecule is CC1[C@H](NC(=O)c2ccc(Sc3cnc[nH]3)cc2)C2CCN1CC2. The molecule has 24 heavy (non-hydrogen) atoms. The van der Waals surface area contributed by atoms with Gasteiger partial charge in [0.15, 0.2) is 0 Å². The minimum atomic E-state index is 0.0405. The van der Waals surface area contributed by atoms with E-state index in [9.17, 15) is 4.79 Å². The first-order valence-electron chi connectivity index (χ1n) is 8.52. The minimum absolute atomic E-state index is 0.0405. The van der Waals surface area contributed by atoms with Crippen LogP contribution >= 0.6 is 11.8 Å². The van der Waals surface area contributed by atoms with Crippen LogP contribution < -0.4 is 5.32 Å². The summed E-state index contributed by atoms with van der Waals surface area (Å²) in [5.74, 6) is 0.669. The molecule has 3 aliphatic heterocycles. The number of nitrogens with one attached hydrogen (secondary N) is 2. The van der Waals surface area contributed by atoms with Gasteiger partial charge in [0.05, 0.1) is 17.6 Å². The van der Waals surface area contributed by atoms with Crippen LogP contribution in [0.2, 0.25) is 0 Å². The van der Waals surface area contributed by atoms with Crippen LogP contribution in [0, 0.1) is 5.92 Å². The zero-order valence-electron chi connectivity index (χ0n) is 13.7. The highest BCUT2D eigenvalue weighted by atomic mass is 32.2. The smallest absolute Gasteiger partial charge is 0.251 e. The van der Waals surface area contributed by atoms with E-state index in [1.165, 1.54) is 25.9 Å². The number of hydrogen-bond acceptors (Lipinski definition) is 4. The number of fused-ring (bicyclic) bond motifs is 3. The molecule has 4 heterocycles. The first-order chi connectivity index (χ1) is 11.7. The predicted molar refractivity (Wildman–Crippen MR) is 94.2 cm³/mol. The van der Waals surface area contributed by atoms with E-state index in [0.29, 0.717) is 12.0 Å². The van der Waals surface area contributed by atoms with Gasteiger partial charge in [0.25, 0.3) is 5.91 Å². The van der Waals surface area contributed by atoms with Gasteiger partial charge in [-0.2, -0.15) is 0 Å². The van der Waals surface area contributed by atoms with Crippen molar-refractivity contribution in [3.63, 3.8) is 0 Å². The van der Waals surface area contributed by atoms with Crippen LogP contribution in [0.3, 0.4) is 0 Å². The molecule has 2 atom stereocenters. The lowest BCUT2D eigenvalue weighted by atomic mass is 9.79. The van der Waals surface area contributed by atoms with Crippen LogP contribution in [0.5, 0.6) is 0 Å². The van der Waals surface area contributed by atoms with Gasteiger partial charge in [-0.25, -0.2) is 4.98 Å². The molecule has 126 valence electrons. The second-order valence-corrected chi connectivity index (χ2v) is 7.77. The Morgan fingerprint density at radius 1 is 1.29 bits per heavy atom. The average molecular weight is 342 g/mol. The van der Waals surface area contributed by atoms with Crippen molar-refractivity contribution in [2.75, 3.05) is 13.1 Å². The van der Waals surface area contributed by atoms with Gasteiger partial charge in [-0.15, -0.1) is 0 Å². The molecule has 3 aliphatic rings. The number of carbonyl (C=O) groups excluding carboxylic acids is 1.